The number of rotatable bonds is 3. The fraction of sp³-hybridized carbons (Fsp3) is 0.533. The van der Waals surface area contributed by atoms with Gasteiger partial charge in [-0.1, -0.05) is 6.07 Å². The molecule has 2 aliphatic rings. The van der Waals surface area contributed by atoms with Crippen molar-refractivity contribution < 1.29 is 19.8 Å². The fourth-order valence-corrected chi connectivity index (χ4v) is 2.37. The third-order valence-corrected chi connectivity index (χ3v) is 3.74. The van der Waals surface area contributed by atoms with E-state index in [0.29, 0.717) is 0 Å². The standard InChI is InChI=1S/C13H19N3.C2H2O4/c1-2-6-14-13(3-1)16-9-7-15(8-10-16)11-12-4-5-12;3-1(4)2(5)6/h1-3,6,12H,4-5,7-11H2;(H,3,4)(H,5,6). The van der Waals surface area contributed by atoms with E-state index >= 15 is 0 Å². The zero-order valence-corrected chi connectivity index (χ0v) is 12.4. The molecule has 0 spiro atoms. The Morgan fingerprint density at radius 2 is 1.73 bits per heavy atom. The van der Waals surface area contributed by atoms with Gasteiger partial charge in [0.2, 0.25) is 0 Å². The van der Waals surface area contributed by atoms with E-state index in [2.05, 4.69) is 26.9 Å². The molecule has 0 radical (unpaired) electrons. The Labute approximate surface area is 129 Å². The Morgan fingerprint density at radius 1 is 1.09 bits per heavy atom. The largest absolute Gasteiger partial charge is 0.473 e. The highest BCUT2D eigenvalue weighted by atomic mass is 16.4. The minimum atomic E-state index is -1.82. The van der Waals surface area contributed by atoms with Crippen LogP contribution >= 0.6 is 0 Å². The van der Waals surface area contributed by atoms with Crippen molar-refractivity contribution in [2.45, 2.75) is 12.8 Å². The van der Waals surface area contributed by atoms with Gasteiger partial charge in [0.05, 0.1) is 0 Å². The molecule has 1 aliphatic carbocycles. The number of carboxylic acids is 2. The molecule has 1 aliphatic heterocycles. The molecule has 2 N–H and O–H groups in total. The fourth-order valence-electron chi connectivity index (χ4n) is 2.37. The van der Waals surface area contributed by atoms with Crippen molar-refractivity contribution in [3.8, 4) is 0 Å². The van der Waals surface area contributed by atoms with Gasteiger partial charge in [0.25, 0.3) is 0 Å². The summed E-state index contributed by atoms with van der Waals surface area (Å²) in [7, 11) is 0. The summed E-state index contributed by atoms with van der Waals surface area (Å²) in [6.07, 6.45) is 4.80. The second-order valence-electron chi connectivity index (χ2n) is 5.53. The van der Waals surface area contributed by atoms with Crippen molar-refractivity contribution in [1.82, 2.24) is 9.88 Å². The summed E-state index contributed by atoms with van der Waals surface area (Å²) >= 11 is 0. The third kappa shape index (κ3) is 5.33. The highest BCUT2D eigenvalue weighted by Crippen LogP contribution is 2.30. The number of hydrogen-bond donors (Lipinski definition) is 2. The molecule has 0 unspecified atom stereocenters. The maximum atomic E-state index is 9.10. The van der Waals surface area contributed by atoms with Gasteiger partial charge in [-0.2, -0.15) is 0 Å². The van der Waals surface area contributed by atoms with Crippen molar-refractivity contribution in [2.75, 3.05) is 37.6 Å². The Balaban J connectivity index is 0.000000254. The van der Waals surface area contributed by atoms with Gasteiger partial charge in [-0.15, -0.1) is 0 Å². The second-order valence-corrected chi connectivity index (χ2v) is 5.53. The van der Waals surface area contributed by atoms with Crippen molar-refractivity contribution in [3.05, 3.63) is 24.4 Å². The quantitative estimate of drug-likeness (QED) is 0.796. The van der Waals surface area contributed by atoms with Gasteiger partial charge >= 0.3 is 11.9 Å². The van der Waals surface area contributed by atoms with Gasteiger partial charge in [-0.3, -0.25) is 4.90 Å². The van der Waals surface area contributed by atoms with Gasteiger partial charge in [0.1, 0.15) is 5.82 Å². The summed E-state index contributed by atoms with van der Waals surface area (Å²) in [6.45, 7) is 5.99. The second kappa shape index (κ2) is 7.74. The Kier molecular flexibility index (Phi) is 5.71. The Bertz CT molecular complexity index is 485. The van der Waals surface area contributed by atoms with Crippen LogP contribution in [0, 0.1) is 5.92 Å². The average Bonchev–Trinajstić information content (AvgIpc) is 3.33. The maximum absolute atomic E-state index is 9.10. The molecule has 2 fully saturated rings. The monoisotopic (exact) mass is 307 g/mol. The van der Waals surface area contributed by atoms with Crippen molar-refractivity contribution in [3.63, 3.8) is 0 Å². The number of carbonyl (C=O) groups is 2. The summed E-state index contributed by atoms with van der Waals surface area (Å²) in [6, 6.07) is 6.16. The lowest BCUT2D eigenvalue weighted by atomic mass is 10.2. The van der Waals surface area contributed by atoms with E-state index in [1.54, 1.807) is 0 Å². The van der Waals surface area contributed by atoms with Crippen LogP contribution in [0.25, 0.3) is 0 Å². The lowest BCUT2D eigenvalue weighted by molar-refractivity contribution is -0.159. The van der Waals surface area contributed by atoms with E-state index in [1.165, 1.54) is 32.5 Å². The summed E-state index contributed by atoms with van der Waals surface area (Å²) in [5.74, 6) is -1.50. The van der Waals surface area contributed by atoms with Crippen molar-refractivity contribution in [2.24, 2.45) is 5.92 Å². The number of hydrogen-bond acceptors (Lipinski definition) is 5. The molecule has 1 aromatic rings. The van der Waals surface area contributed by atoms with Crippen LogP contribution in [0.1, 0.15) is 12.8 Å². The number of pyridine rings is 1. The molecule has 0 aromatic carbocycles. The van der Waals surface area contributed by atoms with Crippen LogP contribution in [-0.2, 0) is 9.59 Å². The van der Waals surface area contributed by atoms with E-state index in [4.69, 9.17) is 19.8 Å². The lowest BCUT2D eigenvalue weighted by Crippen LogP contribution is -2.47. The molecule has 1 aromatic heterocycles. The number of piperazine rings is 1. The summed E-state index contributed by atoms with van der Waals surface area (Å²) in [4.78, 5) is 27.6. The first kappa shape index (κ1) is 16.2. The molecule has 2 heterocycles. The molecular weight excluding hydrogens is 286 g/mol. The van der Waals surface area contributed by atoms with Crippen LogP contribution in [-0.4, -0.2) is 64.8 Å². The molecule has 7 nitrogen and oxygen atoms in total. The minimum absolute atomic E-state index is 1.02. The molecule has 120 valence electrons. The minimum Gasteiger partial charge on any atom is -0.473 e. The van der Waals surface area contributed by atoms with E-state index < -0.39 is 11.9 Å². The molecular formula is C15H21N3O4. The molecule has 0 bridgehead atoms. The molecule has 0 atom stereocenters. The van der Waals surface area contributed by atoms with Crippen molar-refractivity contribution >= 4 is 17.8 Å². The molecule has 7 heteroatoms. The smallest absolute Gasteiger partial charge is 0.414 e. The van der Waals surface area contributed by atoms with Crippen LogP contribution in [0.3, 0.4) is 0 Å². The summed E-state index contributed by atoms with van der Waals surface area (Å²) in [5.41, 5.74) is 0. The van der Waals surface area contributed by atoms with Crippen LogP contribution in [0.4, 0.5) is 5.82 Å². The highest BCUT2D eigenvalue weighted by Gasteiger charge is 2.26. The van der Waals surface area contributed by atoms with Gasteiger partial charge in [0.15, 0.2) is 0 Å². The molecule has 1 saturated carbocycles. The zero-order chi connectivity index (χ0) is 15.9. The van der Waals surface area contributed by atoms with Crippen LogP contribution < -0.4 is 4.90 Å². The molecule has 22 heavy (non-hydrogen) atoms. The number of aromatic nitrogens is 1. The Morgan fingerprint density at radius 3 is 2.18 bits per heavy atom. The number of nitrogens with zero attached hydrogens (tertiary/aromatic N) is 3. The van der Waals surface area contributed by atoms with Crippen LogP contribution in [0.5, 0.6) is 0 Å². The highest BCUT2D eigenvalue weighted by molar-refractivity contribution is 6.27. The zero-order valence-electron chi connectivity index (χ0n) is 12.4. The van der Waals surface area contributed by atoms with Crippen LogP contribution in [0.15, 0.2) is 24.4 Å². The lowest BCUT2D eigenvalue weighted by Gasteiger charge is -2.35. The third-order valence-electron chi connectivity index (χ3n) is 3.74. The topological polar surface area (TPSA) is 94.0 Å². The van der Waals surface area contributed by atoms with Gasteiger partial charge in [-0.25, -0.2) is 14.6 Å². The summed E-state index contributed by atoms with van der Waals surface area (Å²) in [5, 5.41) is 14.8. The van der Waals surface area contributed by atoms with Crippen LogP contribution in [0.2, 0.25) is 0 Å². The van der Waals surface area contributed by atoms with E-state index in [-0.39, 0.29) is 0 Å². The first-order valence-corrected chi connectivity index (χ1v) is 7.41. The number of aliphatic carboxylic acids is 2. The van der Waals surface area contributed by atoms with E-state index in [0.717, 1.165) is 24.8 Å². The first-order valence-electron chi connectivity index (χ1n) is 7.41. The first-order chi connectivity index (χ1) is 10.6. The molecule has 0 amide bonds. The average molecular weight is 307 g/mol. The Hall–Kier alpha value is -2.15. The SMILES string of the molecule is O=C(O)C(=O)O.c1ccc(N2CCN(CC3CC3)CC2)nc1. The van der Waals surface area contributed by atoms with Crippen molar-refractivity contribution in [1.29, 1.82) is 0 Å². The maximum Gasteiger partial charge on any atom is 0.414 e. The molecule has 1 saturated heterocycles. The van der Waals surface area contributed by atoms with Gasteiger partial charge in [-0.05, 0) is 30.9 Å². The normalized spacial score (nSPS) is 18.3. The predicted octanol–water partition coefficient (Wildman–Crippen LogP) is 0.769. The number of anilines is 1. The van der Waals surface area contributed by atoms with Gasteiger partial charge < -0.3 is 15.1 Å². The predicted molar refractivity (Wildman–Crippen MR) is 80.9 cm³/mol. The summed E-state index contributed by atoms with van der Waals surface area (Å²) < 4.78 is 0. The van der Waals surface area contributed by atoms with E-state index in [9.17, 15) is 0 Å². The number of carboxylic acid groups (broad SMARTS) is 2. The van der Waals surface area contributed by atoms with E-state index in [1.807, 2.05) is 12.3 Å². The molecule has 3 rings (SSSR count). The van der Waals surface area contributed by atoms with Gasteiger partial charge in [0, 0.05) is 38.9 Å².